The van der Waals surface area contributed by atoms with Gasteiger partial charge in [0.1, 0.15) is 0 Å². The van der Waals surface area contributed by atoms with Gasteiger partial charge in [-0.05, 0) is 60.7 Å². The molecule has 2 nitrogen and oxygen atoms in total. The van der Waals surface area contributed by atoms with Crippen LogP contribution in [0.4, 0.5) is 0 Å². The van der Waals surface area contributed by atoms with E-state index in [2.05, 4.69) is 20.8 Å². The minimum Gasteiger partial charge on any atom is -0.393 e. The van der Waals surface area contributed by atoms with Gasteiger partial charge in [-0.2, -0.15) is 0 Å². The van der Waals surface area contributed by atoms with Gasteiger partial charge < -0.3 is 10.2 Å². The third kappa shape index (κ3) is 1.60. The SMILES string of the molecule is CC1(C)C[C@@H]2C[C@]2(C)[C@H]2CC[C@](O)(CO)[C@@H]2C1. The van der Waals surface area contributed by atoms with Crippen molar-refractivity contribution in [1.82, 2.24) is 0 Å². The standard InChI is InChI=1S/C15H26O2/c1-13(2)6-10-7-14(10,3)11-4-5-15(17,9-16)12(11)8-13/h10-12,16-17H,4-9H2,1-3H3/t10-,11+,12-,14+,15+/m1/s1. The lowest BCUT2D eigenvalue weighted by Crippen LogP contribution is -2.41. The first kappa shape index (κ1) is 12.0. The van der Waals surface area contributed by atoms with Gasteiger partial charge in [-0.25, -0.2) is 0 Å². The zero-order valence-corrected chi connectivity index (χ0v) is 11.4. The van der Waals surface area contributed by atoms with Gasteiger partial charge in [0.15, 0.2) is 0 Å². The lowest BCUT2D eigenvalue weighted by molar-refractivity contribution is -0.0667. The maximum Gasteiger partial charge on any atom is 0.0908 e. The molecule has 3 fully saturated rings. The normalized spacial score (nSPS) is 55.9. The van der Waals surface area contributed by atoms with Crippen molar-refractivity contribution in [1.29, 1.82) is 0 Å². The Morgan fingerprint density at radius 1 is 1.06 bits per heavy atom. The fourth-order valence-corrected chi connectivity index (χ4v) is 5.06. The Bertz CT molecular complexity index is 338. The maximum absolute atomic E-state index is 10.7. The molecule has 0 aromatic rings. The van der Waals surface area contributed by atoms with Crippen molar-refractivity contribution in [2.24, 2.45) is 28.6 Å². The van der Waals surface area contributed by atoms with Gasteiger partial charge in [-0.1, -0.05) is 20.8 Å². The van der Waals surface area contributed by atoms with E-state index in [9.17, 15) is 10.2 Å². The second-order valence-corrected chi connectivity index (χ2v) is 7.99. The molecule has 17 heavy (non-hydrogen) atoms. The lowest BCUT2D eigenvalue weighted by Gasteiger charge is -2.37. The molecule has 0 heterocycles. The van der Waals surface area contributed by atoms with Crippen LogP contribution in [0.2, 0.25) is 0 Å². The molecule has 2 heteroatoms. The summed E-state index contributed by atoms with van der Waals surface area (Å²) < 4.78 is 0. The lowest BCUT2D eigenvalue weighted by atomic mass is 9.72. The van der Waals surface area contributed by atoms with E-state index >= 15 is 0 Å². The van der Waals surface area contributed by atoms with Crippen LogP contribution in [-0.4, -0.2) is 22.4 Å². The van der Waals surface area contributed by atoms with Crippen molar-refractivity contribution >= 4 is 0 Å². The first-order chi connectivity index (χ1) is 7.81. The van der Waals surface area contributed by atoms with Gasteiger partial charge in [0.25, 0.3) is 0 Å². The second kappa shape index (κ2) is 3.27. The van der Waals surface area contributed by atoms with Crippen LogP contribution in [-0.2, 0) is 0 Å². The molecule has 0 amide bonds. The molecule has 0 aliphatic heterocycles. The Kier molecular flexibility index (Phi) is 2.30. The molecule has 98 valence electrons. The first-order valence-electron chi connectivity index (χ1n) is 7.14. The van der Waals surface area contributed by atoms with E-state index in [1.165, 1.54) is 12.8 Å². The van der Waals surface area contributed by atoms with Crippen LogP contribution in [0.1, 0.15) is 52.9 Å². The molecule has 0 radical (unpaired) electrons. The number of fused-ring (bicyclic) bond motifs is 3. The van der Waals surface area contributed by atoms with Crippen molar-refractivity contribution < 1.29 is 10.2 Å². The molecule has 3 aliphatic carbocycles. The van der Waals surface area contributed by atoms with Crippen molar-refractivity contribution in [3.8, 4) is 0 Å². The largest absolute Gasteiger partial charge is 0.393 e. The average Bonchev–Trinajstić information content (AvgIpc) is 2.74. The van der Waals surface area contributed by atoms with Crippen molar-refractivity contribution in [2.45, 2.75) is 58.5 Å². The van der Waals surface area contributed by atoms with E-state index in [1.54, 1.807) is 0 Å². The number of hydrogen-bond donors (Lipinski definition) is 2. The number of aliphatic hydroxyl groups is 2. The highest BCUT2D eigenvalue weighted by Crippen LogP contribution is 2.70. The van der Waals surface area contributed by atoms with Gasteiger partial charge in [-0.15, -0.1) is 0 Å². The second-order valence-electron chi connectivity index (χ2n) is 7.99. The fraction of sp³-hybridized carbons (Fsp3) is 1.00. The third-order valence-corrected chi connectivity index (χ3v) is 6.22. The average molecular weight is 238 g/mol. The summed E-state index contributed by atoms with van der Waals surface area (Å²) in [5, 5.41) is 20.2. The van der Waals surface area contributed by atoms with Gasteiger partial charge >= 0.3 is 0 Å². The molecule has 0 spiro atoms. The maximum atomic E-state index is 10.7. The van der Waals surface area contributed by atoms with E-state index in [4.69, 9.17) is 0 Å². The number of hydrogen-bond acceptors (Lipinski definition) is 2. The molecular formula is C15H26O2. The molecule has 0 aromatic heterocycles. The predicted octanol–water partition coefficient (Wildman–Crippen LogP) is 2.58. The molecular weight excluding hydrogens is 212 g/mol. The zero-order chi connectivity index (χ0) is 12.5. The Hall–Kier alpha value is -0.0800. The molecule has 0 saturated heterocycles. The molecule has 3 rings (SSSR count). The van der Waals surface area contributed by atoms with Gasteiger partial charge in [0, 0.05) is 0 Å². The molecule has 3 aliphatic rings. The summed E-state index contributed by atoms with van der Waals surface area (Å²) >= 11 is 0. The van der Waals surface area contributed by atoms with Gasteiger partial charge in [-0.3, -0.25) is 0 Å². The van der Waals surface area contributed by atoms with E-state index in [0.717, 1.165) is 25.2 Å². The predicted molar refractivity (Wildman–Crippen MR) is 67.5 cm³/mol. The Labute approximate surface area is 104 Å². The quantitative estimate of drug-likeness (QED) is 0.737. The monoisotopic (exact) mass is 238 g/mol. The summed E-state index contributed by atoms with van der Waals surface area (Å²) in [4.78, 5) is 0. The summed E-state index contributed by atoms with van der Waals surface area (Å²) in [6.45, 7) is 7.04. The Morgan fingerprint density at radius 2 is 1.76 bits per heavy atom. The van der Waals surface area contributed by atoms with Crippen LogP contribution in [0.5, 0.6) is 0 Å². The minimum absolute atomic E-state index is 0.0506. The van der Waals surface area contributed by atoms with Crippen LogP contribution in [0.25, 0.3) is 0 Å². The summed E-state index contributed by atoms with van der Waals surface area (Å²) in [6, 6.07) is 0. The zero-order valence-electron chi connectivity index (χ0n) is 11.4. The Balaban J connectivity index is 1.95. The smallest absolute Gasteiger partial charge is 0.0908 e. The molecule has 5 atom stereocenters. The first-order valence-corrected chi connectivity index (χ1v) is 7.14. The highest BCUT2D eigenvalue weighted by molar-refractivity contribution is 5.14. The van der Waals surface area contributed by atoms with E-state index < -0.39 is 5.60 Å². The highest BCUT2D eigenvalue weighted by atomic mass is 16.3. The van der Waals surface area contributed by atoms with E-state index in [-0.39, 0.29) is 6.61 Å². The van der Waals surface area contributed by atoms with Crippen LogP contribution < -0.4 is 0 Å². The van der Waals surface area contributed by atoms with E-state index in [1.807, 2.05) is 0 Å². The summed E-state index contributed by atoms with van der Waals surface area (Å²) in [6.07, 6.45) is 5.65. The van der Waals surface area contributed by atoms with Crippen LogP contribution in [0.15, 0.2) is 0 Å². The van der Waals surface area contributed by atoms with Crippen LogP contribution >= 0.6 is 0 Å². The van der Waals surface area contributed by atoms with Gasteiger partial charge in [0.05, 0.1) is 12.2 Å². The Morgan fingerprint density at radius 3 is 2.41 bits per heavy atom. The summed E-state index contributed by atoms with van der Waals surface area (Å²) in [7, 11) is 0. The molecule has 3 saturated carbocycles. The van der Waals surface area contributed by atoms with Crippen molar-refractivity contribution in [3.63, 3.8) is 0 Å². The minimum atomic E-state index is -0.789. The van der Waals surface area contributed by atoms with E-state index in [0.29, 0.717) is 22.7 Å². The van der Waals surface area contributed by atoms with Crippen LogP contribution in [0.3, 0.4) is 0 Å². The summed E-state index contributed by atoms with van der Waals surface area (Å²) in [5.74, 6) is 1.83. The number of rotatable bonds is 1. The topological polar surface area (TPSA) is 40.5 Å². The molecule has 0 bridgehead atoms. The van der Waals surface area contributed by atoms with Gasteiger partial charge in [0.2, 0.25) is 0 Å². The molecule has 0 aromatic carbocycles. The fourth-order valence-electron chi connectivity index (χ4n) is 5.06. The highest BCUT2D eigenvalue weighted by Gasteiger charge is 2.65. The summed E-state index contributed by atoms with van der Waals surface area (Å²) in [5.41, 5.74) is 0.00977. The molecule has 0 unspecified atom stereocenters. The van der Waals surface area contributed by atoms with Crippen molar-refractivity contribution in [2.75, 3.05) is 6.61 Å². The number of aliphatic hydroxyl groups excluding tert-OH is 1. The molecule has 2 N–H and O–H groups in total. The van der Waals surface area contributed by atoms with Crippen molar-refractivity contribution in [3.05, 3.63) is 0 Å². The van der Waals surface area contributed by atoms with Crippen LogP contribution in [0, 0.1) is 28.6 Å². The third-order valence-electron chi connectivity index (χ3n) is 6.22.